The topological polar surface area (TPSA) is 46.5 Å². The van der Waals surface area contributed by atoms with Gasteiger partial charge in [0.25, 0.3) is 0 Å². The molecular weight excluding hydrogens is 228 g/mol. The fourth-order valence-corrected chi connectivity index (χ4v) is 2.23. The highest BCUT2D eigenvalue weighted by molar-refractivity contribution is 5.73. The maximum absolute atomic E-state index is 10.9. The molecule has 3 heteroatoms. The Balaban J connectivity index is 0.000000771. The van der Waals surface area contributed by atoms with Crippen LogP contribution in [-0.2, 0) is 11.2 Å². The Morgan fingerprint density at radius 2 is 1.94 bits per heavy atom. The van der Waals surface area contributed by atoms with E-state index in [2.05, 4.69) is 25.8 Å². The number of fused-ring (bicyclic) bond motifs is 1. The summed E-state index contributed by atoms with van der Waals surface area (Å²) in [6.07, 6.45) is 8.66. The number of carbonyl (C=O) groups is 1. The maximum atomic E-state index is 10.9. The molecule has 3 nitrogen and oxygen atoms in total. The van der Waals surface area contributed by atoms with Crippen molar-refractivity contribution in [2.75, 3.05) is 0 Å². The number of rotatable bonds is 1. The van der Waals surface area contributed by atoms with E-state index >= 15 is 0 Å². The molecule has 1 N–H and O–H groups in total. The van der Waals surface area contributed by atoms with Crippen molar-refractivity contribution in [3.63, 3.8) is 0 Å². The van der Waals surface area contributed by atoms with E-state index < -0.39 is 12.1 Å². The smallest absolute Gasteiger partial charge is 0.344 e. The highest BCUT2D eigenvalue weighted by Crippen LogP contribution is 2.35. The van der Waals surface area contributed by atoms with Gasteiger partial charge < -0.3 is 9.84 Å². The van der Waals surface area contributed by atoms with E-state index in [0.29, 0.717) is 6.42 Å². The first-order chi connectivity index (χ1) is 8.50. The standard InChI is InChI=1S/C13H16O3.C2H2/c1-7-6-8(2)10-4-5-11(13(14)15)16-12(10)9(7)3;1-2/h6,11H,4-5H2,1-3H3,(H,14,15);1-2H. The van der Waals surface area contributed by atoms with Gasteiger partial charge in [0.15, 0.2) is 6.10 Å². The second-order valence-electron chi connectivity index (χ2n) is 4.43. The van der Waals surface area contributed by atoms with Gasteiger partial charge in [-0.3, -0.25) is 0 Å². The third-order valence-corrected chi connectivity index (χ3v) is 3.31. The lowest BCUT2D eigenvalue weighted by Crippen LogP contribution is -2.31. The van der Waals surface area contributed by atoms with E-state index in [1.165, 1.54) is 11.1 Å². The van der Waals surface area contributed by atoms with Crippen LogP contribution in [0.25, 0.3) is 0 Å². The third kappa shape index (κ3) is 2.48. The number of terminal acetylenes is 1. The molecule has 1 unspecified atom stereocenters. The lowest BCUT2D eigenvalue weighted by atomic mass is 9.93. The minimum atomic E-state index is -0.871. The summed E-state index contributed by atoms with van der Waals surface area (Å²) in [4.78, 5) is 10.9. The Bertz CT molecular complexity index is 486. The monoisotopic (exact) mass is 246 g/mol. The predicted molar refractivity (Wildman–Crippen MR) is 70.9 cm³/mol. The molecule has 0 fully saturated rings. The number of ether oxygens (including phenoxy) is 1. The lowest BCUT2D eigenvalue weighted by Gasteiger charge is -2.27. The van der Waals surface area contributed by atoms with Gasteiger partial charge in [-0.15, -0.1) is 12.8 Å². The summed E-state index contributed by atoms with van der Waals surface area (Å²) in [5.41, 5.74) is 4.58. The number of hydrogen-bond acceptors (Lipinski definition) is 2. The summed E-state index contributed by atoms with van der Waals surface area (Å²) in [5.74, 6) is -0.0830. The lowest BCUT2D eigenvalue weighted by molar-refractivity contribution is -0.145. The molecule has 96 valence electrons. The highest BCUT2D eigenvalue weighted by Gasteiger charge is 2.28. The van der Waals surface area contributed by atoms with Gasteiger partial charge in [0.2, 0.25) is 0 Å². The van der Waals surface area contributed by atoms with Crippen LogP contribution in [0.1, 0.15) is 28.7 Å². The first-order valence-electron chi connectivity index (χ1n) is 5.83. The molecule has 1 aliphatic heterocycles. The van der Waals surface area contributed by atoms with Gasteiger partial charge in [0.1, 0.15) is 5.75 Å². The zero-order valence-corrected chi connectivity index (χ0v) is 11.0. The Labute approximate surface area is 108 Å². The van der Waals surface area contributed by atoms with E-state index in [1.807, 2.05) is 13.8 Å². The van der Waals surface area contributed by atoms with Crippen LogP contribution in [0.5, 0.6) is 5.75 Å². The van der Waals surface area contributed by atoms with Crippen LogP contribution in [0.3, 0.4) is 0 Å². The van der Waals surface area contributed by atoms with E-state index in [1.54, 1.807) is 0 Å². The molecule has 2 rings (SSSR count). The molecular formula is C15H18O3. The van der Waals surface area contributed by atoms with E-state index in [4.69, 9.17) is 9.84 Å². The van der Waals surface area contributed by atoms with Crippen molar-refractivity contribution in [3.05, 3.63) is 28.3 Å². The molecule has 1 aromatic carbocycles. The first-order valence-corrected chi connectivity index (χ1v) is 5.83. The Kier molecular flexibility index (Phi) is 4.38. The van der Waals surface area contributed by atoms with Crippen molar-refractivity contribution < 1.29 is 14.6 Å². The van der Waals surface area contributed by atoms with Gasteiger partial charge in [0.05, 0.1) is 0 Å². The highest BCUT2D eigenvalue weighted by atomic mass is 16.5. The minimum Gasteiger partial charge on any atom is -0.479 e. The molecule has 0 aliphatic carbocycles. The zero-order valence-electron chi connectivity index (χ0n) is 11.0. The predicted octanol–water partition coefficient (Wildman–Crippen LogP) is 2.64. The first kappa shape index (κ1) is 14.1. The van der Waals surface area contributed by atoms with Crippen LogP contribution in [0.15, 0.2) is 6.07 Å². The third-order valence-electron chi connectivity index (χ3n) is 3.31. The summed E-state index contributed by atoms with van der Waals surface area (Å²) < 4.78 is 5.59. The maximum Gasteiger partial charge on any atom is 0.344 e. The molecule has 0 saturated carbocycles. The Hall–Kier alpha value is -1.95. The van der Waals surface area contributed by atoms with Gasteiger partial charge in [-0.25, -0.2) is 4.79 Å². The second kappa shape index (κ2) is 5.59. The molecule has 18 heavy (non-hydrogen) atoms. The summed E-state index contributed by atoms with van der Waals surface area (Å²) >= 11 is 0. The largest absolute Gasteiger partial charge is 0.479 e. The van der Waals surface area contributed by atoms with E-state index in [9.17, 15) is 4.79 Å². The number of aryl methyl sites for hydroxylation is 2. The SMILES string of the molecule is C#C.Cc1cc(C)c2c(c1C)OC(C(=O)O)CC2. The number of carboxylic acids is 1. The van der Waals surface area contributed by atoms with Crippen molar-refractivity contribution >= 4 is 5.97 Å². The quantitative estimate of drug-likeness (QED) is 0.775. The van der Waals surface area contributed by atoms with Crippen LogP contribution < -0.4 is 4.74 Å². The van der Waals surface area contributed by atoms with E-state index in [0.717, 1.165) is 23.3 Å². The van der Waals surface area contributed by atoms with Crippen molar-refractivity contribution in [2.45, 2.75) is 39.7 Å². The van der Waals surface area contributed by atoms with Gasteiger partial charge in [-0.05, 0) is 55.9 Å². The van der Waals surface area contributed by atoms with Crippen LogP contribution in [0, 0.1) is 33.6 Å². The molecule has 0 spiro atoms. The molecule has 1 aliphatic rings. The van der Waals surface area contributed by atoms with Gasteiger partial charge in [-0.2, -0.15) is 0 Å². The van der Waals surface area contributed by atoms with Crippen LogP contribution >= 0.6 is 0 Å². The molecule has 0 saturated heterocycles. The Morgan fingerprint density at radius 3 is 2.50 bits per heavy atom. The molecule has 0 aromatic heterocycles. The fourth-order valence-electron chi connectivity index (χ4n) is 2.23. The normalized spacial score (nSPS) is 16.8. The number of carboxylic acid groups (broad SMARTS) is 1. The summed E-state index contributed by atoms with van der Waals surface area (Å²) in [6.45, 7) is 6.06. The van der Waals surface area contributed by atoms with Crippen LogP contribution in [0.2, 0.25) is 0 Å². The number of hydrogen-bond donors (Lipinski definition) is 1. The molecule has 0 amide bonds. The number of aliphatic carboxylic acids is 1. The molecule has 1 aromatic rings. The van der Waals surface area contributed by atoms with Gasteiger partial charge in [0, 0.05) is 0 Å². The average Bonchev–Trinajstić information content (AvgIpc) is 2.38. The van der Waals surface area contributed by atoms with Crippen molar-refractivity contribution in [1.82, 2.24) is 0 Å². The molecule has 0 bridgehead atoms. The Morgan fingerprint density at radius 1 is 1.33 bits per heavy atom. The van der Waals surface area contributed by atoms with Crippen molar-refractivity contribution in [2.24, 2.45) is 0 Å². The van der Waals surface area contributed by atoms with Crippen LogP contribution in [0.4, 0.5) is 0 Å². The van der Waals surface area contributed by atoms with Gasteiger partial charge >= 0.3 is 5.97 Å². The van der Waals surface area contributed by atoms with Crippen molar-refractivity contribution in [1.29, 1.82) is 0 Å². The van der Waals surface area contributed by atoms with Gasteiger partial charge in [-0.1, -0.05) is 6.07 Å². The summed E-state index contributed by atoms with van der Waals surface area (Å²) in [5, 5.41) is 8.97. The zero-order chi connectivity index (χ0) is 13.9. The summed E-state index contributed by atoms with van der Waals surface area (Å²) in [7, 11) is 0. The minimum absolute atomic E-state index is 0.561. The van der Waals surface area contributed by atoms with Crippen LogP contribution in [-0.4, -0.2) is 17.2 Å². The summed E-state index contributed by atoms with van der Waals surface area (Å²) in [6, 6.07) is 2.14. The molecule has 1 atom stereocenters. The average molecular weight is 246 g/mol. The molecule has 0 radical (unpaired) electrons. The number of benzene rings is 1. The van der Waals surface area contributed by atoms with E-state index in [-0.39, 0.29) is 0 Å². The fraction of sp³-hybridized carbons (Fsp3) is 0.400. The second-order valence-corrected chi connectivity index (χ2v) is 4.43. The van der Waals surface area contributed by atoms with Crippen molar-refractivity contribution in [3.8, 4) is 18.6 Å². The molecule has 1 heterocycles.